The molecular formula is C10H16N2O. The fraction of sp³-hybridized carbons (Fsp3) is 0.700. The van der Waals surface area contributed by atoms with Crippen LogP contribution < -0.4 is 5.32 Å². The van der Waals surface area contributed by atoms with E-state index in [0.29, 0.717) is 12.1 Å². The van der Waals surface area contributed by atoms with E-state index in [4.69, 9.17) is 0 Å². The lowest BCUT2D eigenvalue weighted by Crippen LogP contribution is -2.47. The largest absolute Gasteiger partial charge is 0.338 e. The van der Waals surface area contributed by atoms with Crippen molar-refractivity contribution in [3.63, 3.8) is 0 Å². The highest BCUT2D eigenvalue weighted by Crippen LogP contribution is 2.31. The Morgan fingerprint density at radius 1 is 1.62 bits per heavy atom. The van der Waals surface area contributed by atoms with Crippen molar-refractivity contribution in [2.24, 2.45) is 0 Å². The highest BCUT2D eigenvalue weighted by atomic mass is 16.2. The monoisotopic (exact) mass is 180 g/mol. The van der Waals surface area contributed by atoms with E-state index in [2.05, 4.69) is 17.5 Å². The van der Waals surface area contributed by atoms with Gasteiger partial charge in [0.05, 0.1) is 6.04 Å². The van der Waals surface area contributed by atoms with Crippen LogP contribution in [0.15, 0.2) is 12.2 Å². The minimum atomic E-state index is 0.111. The van der Waals surface area contributed by atoms with Gasteiger partial charge >= 0.3 is 6.03 Å². The second-order valence-electron chi connectivity index (χ2n) is 3.71. The van der Waals surface area contributed by atoms with E-state index in [1.807, 2.05) is 11.8 Å². The second-order valence-corrected chi connectivity index (χ2v) is 3.71. The lowest BCUT2D eigenvalue weighted by molar-refractivity contribution is 0.179. The van der Waals surface area contributed by atoms with Crippen LogP contribution in [-0.2, 0) is 0 Å². The van der Waals surface area contributed by atoms with Gasteiger partial charge in [-0.05, 0) is 26.2 Å². The zero-order valence-electron chi connectivity index (χ0n) is 7.99. The average molecular weight is 180 g/mol. The van der Waals surface area contributed by atoms with Gasteiger partial charge in [-0.15, -0.1) is 0 Å². The molecule has 2 atom stereocenters. The Balaban J connectivity index is 2.07. The van der Waals surface area contributed by atoms with E-state index in [0.717, 1.165) is 25.8 Å². The Hall–Kier alpha value is -0.990. The van der Waals surface area contributed by atoms with Crippen molar-refractivity contribution in [2.45, 2.75) is 38.3 Å². The maximum atomic E-state index is 11.6. The fourth-order valence-electron chi connectivity index (χ4n) is 2.28. The van der Waals surface area contributed by atoms with Crippen LogP contribution in [0.1, 0.15) is 26.2 Å². The molecule has 2 amide bonds. The molecule has 3 heteroatoms. The molecule has 2 aliphatic rings. The van der Waals surface area contributed by atoms with Crippen LogP contribution in [-0.4, -0.2) is 29.6 Å². The van der Waals surface area contributed by atoms with E-state index in [-0.39, 0.29) is 6.03 Å². The highest BCUT2D eigenvalue weighted by molar-refractivity contribution is 5.75. The Bertz CT molecular complexity index is 237. The standard InChI is InChI=1S/C10H16N2O/c1-2-11-10(13)12-8-4-3-5-9(12)7-6-8/h3-4,8-9H,2,5-7H2,1H3,(H,11,13). The SMILES string of the molecule is CCNC(=O)N1C2C=CCC1CC2. The molecule has 2 unspecified atom stereocenters. The second kappa shape index (κ2) is 3.40. The molecule has 3 nitrogen and oxygen atoms in total. The molecule has 1 saturated heterocycles. The van der Waals surface area contributed by atoms with Crippen molar-refractivity contribution >= 4 is 6.03 Å². The predicted molar refractivity (Wildman–Crippen MR) is 51.5 cm³/mol. The molecule has 2 rings (SSSR count). The molecule has 0 saturated carbocycles. The topological polar surface area (TPSA) is 32.3 Å². The highest BCUT2D eigenvalue weighted by Gasteiger charge is 2.36. The number of carbonyl (C=O) groups is 1. The number of carbonyl (C=O) groups excluding carboxylic acids is 1. The first-order valence-corrected chi connectivity index (χ1v) is 5.05. The minimum absolute atomic E-state index is 0.111. The number of hydrogen-bond acceptors (Lipinski definition) is 1. The van der Waals surface area contributed by atoms with E-state index in [1.165, 1.54) is 0 Å². The molecule has 0 aliphatic carbocycles. The van der Waals surface area contributed by atoms with Gasteiger partial charge in [-0.3, -0.25) is 0 Å². The van der Waals surface area contributed by atoms with Crippen LogP contribution in [0.5, 0.6) is 0 Å². The van der Waals surface area contributed by atoms with Gasteiger partial charge in [-0.25, -0.2) is 4.79 Å². The van der Waals surface area contributed by atoms with Crippen molar-refractivity contribution < 1.29 is 4.79 Å². The number of amides is 2. The molecule has 72 valence electrons. The molecule has 0 spiro atoms. The maximum Gasteiger partial charge on any atom is 0.318 e. The number of fused-ring (bicyclic) bond motifs is 2. The van der Waals surface area contributed by atoms with Gasteiger partial charge in [-0.1, -0.05) is 12.2 Å². The molecule has 0 radical (unpaired) electrons. The molecule has 1 fully saturated rings. The lowest BCUT2D eigenvalue weighted by Gasteiger charge is -2.31. The maximum absolute atomic E-state index is 11.6. The summed E-state index contributed by atoms with van der Waals surface area (Å²) in [4.78, 5) is 13.6. The molecule has 0 aromatic carbocycles. The first kappa shape index (κ1) is 8.60. The Kier molecular flexibility index (Phi) is 2.25. The van der Waals surface area contributed by atoms with Gasteiger partial charge in [0.2, 0.25) is 0 Å². The normalized spacial score (nSPS) is 30.7. The molecular weight excluding hydrogens is 164 g/mol. The van der Waals surface area contributed by atoms with E-state index in [1.54, 1.807) is 0 Å². The Morgan fingerprint density at radius 2 is 2.46 bits per heavy atom. The van der Waals surface area contributed by atoms with Crippen LogP contribution in [0.25, 0.3) is 0 Å². The number of rotatable bonds is 1. The number of hydrogen-bond donors (Lipinski definition) is 1. The summed E-state index contributed by atoms with van der Waals surface area (Å²) in [5.41, 5.74) is 0. The first-order chi connectivity index (χ1) is 6.33. The van der Waals surface area contributed by atoms with Crippen LogP contribution in [0, 0.1) is 0 Å². The van der Waals surface area contributed by atoms with Gasteiger partial charge in [0, 0.05) is 12.6 Å². The zero-order valence-corrected chi connectivity index (χ0v) is 7.99. The summed E-state index contributed by atoms with van der Waals surface area (Å²) in [5, 5.41) is 2.87. The molecule has 0 aromatic heterocycles. The average Bonchev–Trinajstić information content (AvgIpc) is 2.37. The van der Waals surface area contributed by atoms with Crippen molar-refractivity contribution in [1.82, 2.24) is 10.2 Å². The molecule has 1 N–H and O–H groups in total. The van der Waals surface area contributed by atoms with Crippen LogP contribution in [0.4, 0.5) is 4.79 Å². The summed E-state index contributed by atoms with van der Waals surface area (Å²) in [6, 6.07) is 0.936. The molecule has 0 aromatic rings. The molecule has 2 bridgehead atoms. The van der Waals surface area contributed by atoms with Gasteiger partial charge in [-0.2, -0.15) is 0 Å². The van der Waals surface area contributed by atoms with E-state index < -0.39 is 0 Å². The fourth-order valence-corrected chi connectivity index (χ4v) is 2.28. The summed E-state index contributed by atoms with van der Waals surface area (Å²) in [6.07, 6.45) is 7.71. The quantitative estimate of drug-likeness (QED) is 0.609. The lowest BCUT2D eigenvalue weighted by atomic mass is 10.1. The van der Waals surface area contributed by atoms with Gasteiger partial charge in [0.25, 0.3) is 0 Å². The predicted octanol–water partition coefficient (Wildman–Crippen LogP) is 1.51. The summed E-state index contributed by atoms with van der Waals surface area (Å²) in [5.74, 6) is 0. The van der Waals surface area contributed by atoms with Crippen molar-refractivity contribution in [3.8, 4) is 0 Å². The van der Waals surface area contributed by atoms with Crippen LogP contribution in [0.2, 0.25) is 0 Å². The molecule has 2 aliphatic heterocycles. The summed E-state index contributed by atoms with van der Waals surface area (Å²) >= 11 is 0. The van der Waals surface area contributed by atoms with Crippen LogP contribution >= 0.6 is 0 Å². The van der Waals surface area contributed by atoms with Crippen LogP contribution in [0.3, 0.4) is 0 Å². The minimum Gasteiger partial charge on any atom is -0.338 e. The molecule has 13 heavy (non-hydrogen) atoms. The number of urea groups is 1. The van der Waals surface area contributed by atoms with Crippen molar-refractivity contribution in [2.75, 3.05) is 6.54 Å². The number of nitrogens with zero attached hydrogens (tertiary/aromatic N) is 1. The zero-order chi connectivity index (χ0) is 9.26. The third-order valence-corrected chi connectivity index (χ3v) is 2.88. The van der Waals surface area contributed by atoms with Gasteiger partial charge in [0.15, 0.2) is 0 Å². The third-order valence-electron chi connectivity index (χ3n) is 2.88. The van der Waals surface area contributed by atoms with E-state index in [9.17, 15) is 4.79 Å². The summed E-state index contributed by atoms with van der Waals surface area (Å²) in [6.45, 7) is 2.68. The molecule has 2 heterocycles. The summed E-state index contributed by atoms with van der Waals surface area (Å²) < 4.78 is 0. The number of nitrogens with one attached hydrogen (secondary N) is 1. The Morgan fingerprint density at radius 3 is 3.15 bits per heavy atom. The third kappa shape index (κ3) is 1.43. The smallest absolute Gasteiger partial charge is 0.318 e. The van der Waals surface area contributed by atoms with Crippen molar-refractivity contribution in [1.29, 1.82) is 0 Å². The first-order valence-electron chi connectivity index (χ1n) is 5.05. The van der Waals surface area contributed by atoms with Gasteiger partial charge < -0.3 is 10.2 Å². The Labute approximate surface area is 78.8 Å². The summed E-state index contributed by atoms with van der Waals surface area (Å²) in [7, 11) is 0. The van der Waals surface area contributed by atoms with E-state index >= 15 is 0 Å². The van der Waals surface area contributed by atoms with Crippen molar-refractivity contribution in [3.05, 3.63) is 12.2 Å². The van der Waals surface area contributed by atoms with Gasteiger partial charge in [0.1, 0.15) is 0 Å².